The van der Waals surface area contributed by atoms with Gasteiger partial charge in [0, 0.05) is 39.1 Å². The maximum absolute atomic E-state index is 12.2. The highest BCUT2D eigenvalue weighted by molar-refractivity contribution is 7.99. The standard InChI is InChI=1S/C19H17ClN2O2S/c1-12-3-2-4-14(7-12)22-19(24)11-25-10-15-9-18(23)16-8-13(20)5-6-17(16)21-15/h2-9H,10-11H2,1H3,(H,21,23)(H,22,24). The van der Waals surface area contributed by atoms with Gasteiger partial charge in [-0.1, -0.05) is 23.7 Å². The lowest BCUT2D eigenvalue weighted by Crippen LogP contribution is -2.14. The Kier molecular flexibility index (Phi) is 5.46. The lowest BCUT2D eigenvalue weighted by atomic mass is 10.2. The van der Waals surface area contributed by atoms with E-state index in [9.17, 15) is 9.59 Å². The molecule has 0 saturated heterocycles. The quantitative estimate of drug-likeness (QED) is 0.699. The van der Waals surface area contributed by atoms with Crippen molar-refractivity contribution in [3.63, 3.8) is 0 Å². The van der Waals surface area contributed by atoms with Crippen LogP contribution in [0.2, 0.25) is 5.02 Å². The number of pyridine rings is 1. The van der Waals surface area contributed by atoms with E-state index in [0.717, 1.165) is 22.5 Å². The van der Waals surface area contributed by atoms with E-state index < -0.39 is 0 Å². The highest BCUT2D eigenvalue weighted by Gasteiger charge is 2.06. The number of carbonyl (C=O) groups is 1. The Morgan fingerprint density at radius 2 is 2.04 bits per heavy atom. The minimum absolute atomic E-state index is 0.0643. The van der Waals surface area contributed by atoms with Crippen LogP contribution >= 0.6 is 23.4 Å². The summed E-state index contributed by atoms with van der Waals surface area (Å²) in [4.78, 5) is 27.4. The molecule has 0 atom stereocenters. The molecule has 0 fully saturated rings. The topological polar surface area (TPSA) is 62.0 Å². The van der Waals surface area contributed by atoms with Crippen LogP contribution in [0.3, 0.4) is 0 Å². The second-order valence-corrected chi connectivity index (χ2v) is 7.18. The van der Waals surface area contributed by atoms with E-state index in [1.54, 1.807) is 24.3 Å². The smallest absolute Gasteiger partial charge is 0.234 e. The highest BCUT2D eigenvalue weighted by atomic mass is 35.5. The molecule has 128 valence electrons. The zero-order chi connectivity index (χ0) is 17.8. The number of fused-ring (bicyclic) bond motifs is 1. The van der Waals surface area contributed by atoms with Crippen LogP contribution in [0.5, 0.6) is 0 Å². The molecule has 1 aromatic heterocycles. The van der Waals surface area contributed by atoms with Gasteiger partial charge in [-0.05, 0) is 42.8 Å². The van der Waals surface area contributed by atoms with Crippen LogP contribution in [0.15, 0.2) is 53.3 Å². The maximum Gasteiger partial charge on any atom is 0.234 e. The fraction of sp³-hybridized carbons (Fsp3) is 0.158. The van der Waals surface area contributed by atoms with E-state index in [2.05, 4.69) is 10.3 Å². The molecule has 0 radical (unpaired) electrons. The Labute approximate surface area is 154 Å². The average molecular weight is 373 g/mol. The maximum atomic E-state index is 12.2. The van der Waals surface area contributed by atoms with Gasteiger partial charge < -0.3 is 10.3 Å². The van der Waals surface area contributed by atoms with Gasteiger partial charge in [-0.25, -0.2) is 0 Å². The molecule has 1 heterocycles. The number of nitrogens with one attached hydrogen (secondary N) is 2. The molecule has 0 bridgehead atoms. The van der Waals surface area contributed by atoms with Gasteiger partial charge in [0.2, 0.25) is 5.91 Å². The number of hydrogen-bond donors (Lipinski definition) is 2. The Morgan fingerprint density at radius 3 is 2.84 bits per heavy atom. The molecule has 0 aliphatic heterocycles. The number of aromatic nitrogens is 1. The van der Waals surface area contributed by atoms with Crippen molar-refractivity contribution >= 4 is 45.9 Å². The van der Waals surface area contributed by atoms with Crippen molar-refractivity contribution in [2.45, 2.75) is 12.7 Å². The van der Waals surface area contributed by atoms with Gasteiger partial charge in [-0.3, -0.25) is 9.59 Å². The zero-order valence-electron chi connectivity index (χ0n) is 13.6. The Morgan fingerprint density at radius 1 is 1.20 bits per heavy atom. The number of amides is 1. The molecule has 2 aromatic carbocycles. The summed E-state index contributed by atoms with van der Waals surface area (Å²) in [6.45, 7) is 1.98. The summed E-state index contributed by atoms with van der Waals surface area (Å²) in [7, 11) is 0. The number of H-pyrrole nitrogens is 1. The van der Waals surface area contributed by atoms with E-state index in [-0.39, 0.29) is 11.3 Å². The van der Waals surface area contributed by atoms with E-state index in [4.69, 9.17) is 11.6 Å². The number of hydrogen-bond acceptors (Lipinski definition) is 3. The van der Waals surface area contributed by atoms with E-state index >= 15 is 0 Å². The van der Waals surface area contributed by atoms with Crippen LogP contribution in [0.4, 0.5) is 5.69 Å². The van der Waals surface area contributed by atoms with Crippen LogP contribution in [0, 0.1) is 6.92 Å². The van der Waals surface area contributed by atoms with Gasteiger partial charge in [0.05, 0.1) is 5.75 Å². The van der Waals surface area contributed by atoms with Gasteiger partial charge in [0.15, 0.2) is 5.43 Å². The fourth-order valence-corrected chi connectivity index (χ4v) is 3.43. The minimum atomic E-state index is -0.0731. The molecule has 3 aromatic rings. The van der Waals surface area contributed by atoms with Crippen molar-refractivity contribution in [3.05, 3.63) is 75.0 Å². The third-order valence-corrected chi connectivity index (χ3v) is 4.86. The molecule has 0 saturated carbocycles. The molecule has 2 N–H and O–H groups in total. The molecular weight excluding hydrogens is 356 g/mol. The van der Waals surface area contributed by atoms with Gasteiger partial charge in [0.1, 0.15) is 0 Å². The van der Waals surface area contributed by atoms with Gasteiger partial charge in [-0.2, -0.15) is 0 Å². The van der Waals surface area contributed by atoms with Gasteiger partial charge >= 0.3 is 0 Å². The molecule has 3 rings (SSSR count). The highest BCUT2D eigenvalue weighted by Crippen LogP contribution is 2.17. The normalized spacial score (nSPS) is 10.8. The summed E-state index contributed by atoms with van der Waals surface area (Å²) in [5.74, 6) is 0.800. The molecule has 0 spiro atoms. The molecule has 0 aliphatic carbocycles. The van der Waals surface area contributed by atoms with E-state index in [1.807, 2.05) is 31.2 Å². The second kappa shape index (κ2) is 7.76. The fourth-order valence-electron chi connectivity index (χ4n) is 2.53. The first kappa shape index (κ1) is 17.6. The van der Waals surface area contributed by atoms with Crippen molar-refractivity contribution in [2.24, 2.45) is 0 Å². The Bertz CT molecular complexity index is 985. The molecule has 0 aliphatic rings. The van der Waals surface area contributed by atoms with Crippen LogP contribution in [0.1, 0.15) is 11.3 Å². The molecule has 4 nitrogen and oxygen atoms in total. The minimum Gasteiger partial charge on any atom is -0.357 e. The van der Waals surface area contributed by atoms with Crippen LogP contribution in [-0.2, 0) is 10.5 Å². The average Bonchev–Trinajstić information content (AvgIpc) is 2.55. The largest absolute Gasteiger partial charge is 0.357 e. The number of anilines is 1. The third-order valence-electron chi connectivity index (χ3n) is 3.64. The predicted octanol–water partition coefficient (Wildman–Crippen LogP) is 4.36. The van der Waals surface area contributed by atoms with E-state index in [1.165, 1.54) is 11.8 Å². The van der Waals surface area contributed by atoms with E-state index in [0.29, 0.717) is 21.9 Å². The summed E-state index contributed by atoms with van der Waals surface area (Å²) < 4.78 is 0. The van der Waals surface area contributed by atoms with Crippen molar-refractivity contribution in [3.8, 4) is 0 Å². The number of thioether (sulfide) groups is 1. The van der Waals surface area contributed by atoms with Crippen LogP contribution in [0.25, 0.3) is 10.9 Å². The summed E-state index contributed by atoms with van der Waals surface area (Å²) in [6.07, 6.45) is 0. The third kappa shape index (κ3) is 4.65. The number of benzene rings is 2. The van der Waals surface area contributed by atoms with Crippen LogP contribution in [-0.4, -0.2) is 16.6 Å². The predicted molar refractivity (Wildman–Crippen MR) is 106 cm³/mol. The number of aryl methyl sites for hydroxylation is 1. The van der Waals surface area contributed by atoms with Crippen molar-refractivity contribution in [1.29, 1.82) is 0 Å². The van der Waals surface area contributed by atoms with Gasteiger partial charge in [-0.15, -0.1) is 11.8 Å². The lowest BCUT2D eigenvalue weighted by molar-refractivity contribution is -0.113. The van der Waals surface area contributed by atoms with Gasteiger partial charge in [0.25, 0.3) is 0 Å². The number of aromatic amines is 1. The summed E-state index contributed by atoms with van der Waals surface area (Å²) in [5, 5.41) is 3.97. The first-order valence-electron chi connectivity index (χ1n) is 7.77. The first-order chi connectivity index (χ1) is 12.0. The van der Waals surface area contributed by atoms with Crippen LogP contribution < -0.4 is 10.7 Å². The SMILES string of the molecule is Cc1cccc(NC(=O)CSCc2cc(=O)c3cc(Cl)ccc3[nH]2)c1. The zero-order valence-corrected chi connectivity index (χ0v) is 15.2. The van der Waals surface area contributed by atoms with Crippen molar-refractivity contribution in [1.82, 2.24) is 4.98 Å². The molecule has 0 unspecified atom stereocenters. The molecule has 6 heteroatoms. The lowest BCUT2D eigenvalue weighted by Gasteiger charge is -2.07. The van der Waals surface area contributed by atoms with Crippen molar-refractivity contribution < 1.29 is 4.79 Å². The Hall–Kier alpha value is -2.24. The summed E-state index contributed by atoms with van der Waals surface area (Å²) >= 11 is 7.37. The molecule has 1 amide bonds. The second-order valence-electron chi connectivity index (χ2n) is 5.76. The molecular formula is C19H17ClN2O2S. The van der Waals surface area contributed by atoms with Crippen molar-refractivity contribution in [2.75, 3.05) is 11.1 Å². The summed E-state index contributed by atoms with van der Waals surface area (Å²) in [5.41, 5.74) is 3.35. The summed E-state index contributed by atoms with van der Waals surface area (Å²) in [6, 6.07) is 14.4. The Balaban J connectivity index is 1.60. The monoisotopic (exact) mass is 372 g/mol. The number of rotatable bonds is 5. The molecule has 25 heavy (non-hydrogen) atoms. The first-order valence-corrected chi connectivity index (χ1v) is 9.30. The number of carbonyl (C=O) groups excluding carboxylic acids is 1. The number of halogens is 1.